The van der Waals surface area contributed by atoms with Crippen molar-refractivity contribution in [2.24, 2.45) is 0 Å². The van der Waals surface area contributed by atoms with Crippen molar-refractivity contribution in [3.8, 4) is 5.75 Å². The maximum atomic E-state index is 11.7. The van der Waals surface area contributed by atoms with Crippen molar-refractivity contribution in [3.63, 3.8) is 0 Å². The molecule has 1 atom stereocenters. The van der Waals surface area contributed by atoms with Crippen LogP contribution in [0.25, 0.3) is 0 Å². The van der Waals surface area contributed by atoms with Gasteiger partial charge in [-0.05, 0) is 44.0 Å². The van der Waals surface area contributed by atoms with E-state index in [4.69, 9.17) is 0 Å². The lowest BCUT2D eigenvalue weighted by molar-refractivity contribution is 0.0952. The number of aromatic hydroxyl groups is 1. The number of phenols is 1. The lowest BCUT2D eigenvalue weighted by Gasteiger charge is -2.10. The average molecular weight is 234 g/mol. The lowest BCUT2D eigenvalue weighted by Crippen LogP contribution is -2.30. The number of hydrogen-bond donors (Lipinski definition) is 3. The zero-order chi connectivity index (χ0) is 12.1. The largest absolute Gasteiger partial charge is 0.508 e. The number of rotatable bonds is 4. The van der Waals surface area contributed by atoms with Crippen LogP contribution in [0.2, 0.25) is 0 Å². The van der Waals surface area contributed by atoms with Crippen LogP contribution in [0.15, 0.2) is 24.3 Å². The zero-order valence-corrected chi connectivity index (χ0v) is 9.78. The molecule has 0 spiro atoms. The molecule has 1 aromatic rings. The van der Waals surface area contributed by atoms with Gasteiger partial charge in [0.15, 0.2) is 0 Å². The van der Waals surface area contributed by atoms with E-state index in [0.717, 1.165) is 13.0 Å². The molecular weight excluding hydrogens is 216 g/mol. The number of nitrogens with one attached hydrogen (secondary N) is 2. The van der Waals surface area contributed by atoms with Gasteiger partial charge < -0.3 is 15.7 Å². The minimum Gasteiger partial charge on any atom is -0.508 e. The zero-order valence-electron chi connectivity index (χ0n) is 9.78. The second-order valence-corrected chi connectivity index (χ2v) is 4.39. The van der Waals surface area contributed by atoms with Crippen LogP contribution in [-0.2, 0) is 0 Å². The van der Waals surface area contributed by atoms with Gasteiger partial charge in [-0.3, -0.25) is 4.79 Å². The van der Waals surface area contributed by atoms with Gasteiger partial charge in [0.25, 0.3) is 5.91 Å². The van der Waals surface area contributed by atoms with E-state index in [1.54, 1.807) is 18.2 Å². The molecule has 1 unspecified atom stereocenters. The lowest BCUT2D eigenvalue weighted by atomic mass is 10.1. The highest BCUT2D eigenvalue weighted by Crippen LogP contribution is 2.11. The van der Waals surface area contributed by atoms with Crippen LogP contribution in [-0.4, -0.2) is 30.1 Å². The molecular formula is C13H18N2O2. The van der Waals surface area contributed by atoms with Crippen LogP contribution < -0.4 is 10.6 Å². The second-order valence-electron chi connectivity index (χ2n) is 4.39. The van der Waals surface area contributed by atoms with Crippen molar-refractivity contribution in [3.05, 3.63) is 29.8 Å². The Morgan fingerprint density at radius 1 is 1.53 bits per heavy atom. The Hall–Kier alpha value is -1.55. The smallest absolute Gasteiger partial charge is 0.251 e. The Kier molecular flexibility index (Phi) is 3.98. The molecule has 0 radical (unpaired) electrons. The van der Waals surface area contributed by atoms with E-state index in [1.165, 1.54) is 18.9 Å². The van der Waals surface area contributed by atoms with Gasteiger partial charge in [0.05, 0.1) is 0 Å². The molecule has 0 bridgehead atoms. The molecule has 1 aliphatic rings. The predicted molar refractivity (Wildman–Crippen MR) is 66.1 cm³/mol. The molecule has 0 aromatic heterocycles. The third-order valence-corrected chi connectivity index (χ3v) is 3.05. The predicted octanol–water partition coefficient (Wildman–Crippen LogP) is 1.26. The van der Waals surface area contributed by atoms with Crippen LogP contribution in [0.4, 0.5) is 0 Å². The van der Waals surface area contributed by atoms with E-state index >= 15 is 0 Å². The summed E-state index contributed by atoms with van der Waals surface area (Å²) in [5.41, 5.74) is 0.504. The Bertz CT molecular complexity index is 387. The van der Waals surface area contributed by atoms with E-state index < -0.39 is 0 Å². The van der Waals surface area contributed by atoms with E-state index in [1.807, 2.05) is 0 Å². The van der Waals surface area contributed by atoms with Crippen molar-refractivity contribution in [1.82, 2.24) is 10.6 Å². The molecule has 1 saturated heterocycles. The number of hydrogen-bond acceptors (Lipinski definition) is 3. The number of amides is 1. The molecule has 1 aliphatic heterocycles. The van der Waals surface area contributed by atoms with Gasteiger partial charge in [-0.15, -0.1) is 0 Å². The van der Waals surface area contributed by atoms with E-state index in [0.29, 0.717) is 18.2 Å². The minimum absolute atomic E-state index is 0.120. The van der Waals surface area contributed by atoms with Gasteiger partial charge in [-0.2, -0.15) is 0 Å². The Balaban J connectivity index is 1.77. The van der Waals surface area contributed by atoms with Gasteiger partial charge in [-0.1, -0.05) is 6.07 Å². The quantitative estimate of drug-likeness (QED) is 0.735. The summed E-state index contributed by atoms with van der Waals surface area (Å²) in [6.07, 6.45) is 3.39. The third-order valence-electron chi connectivity index (χ3n) is 3.05. The molecule has 0 aliphatic carbocycles. The van der Waals surface area contributed by atoms with Gasteiger partial charge in [0.2, 0.25) is 0 Å². The van der Waals surface area contributed by atoms with E-state index in [2.05, 4.69) is 10.6 Å². The molecule has 1 fully saturated rings. The SMILES string of the molecule is O=C(NCCC1CCCN1)c1cccc(O)c1. The molecule has 1 heterocycles. The Labute approximate surface area is 101 Å². The number of phenolic OH excluding ortho intramolecular Hbond substituents is 1. The highest BCUT2D eigenvalue weighted by molar-refractivity contribution is 5.94. The third kappa shape index (κ3) is 3.46. The molecule has 4 nitrogen and oxygen atoms in total. The number of carbonyl (C=O) groups excluding carboxylic acids is 1. The van der Waals surface area contributed by atoms with Crippen LogP contribution in [0, 0.1) is 0 Å². The average Bonchev–Trinajstić information content (AvgIpc) is 2.82. The summed E-state index contributed by atoms with van der Waals surface area (Å²) in [5, 5.41) is 15.5. The molecule has 1 aromatic carbocycles. The fourth-order valence-corrected chi connectivity index (χ4v) is 2.11. The number of carbonyl (C=O) groups is 1. The summed E-state index contributed by atoms with van der Waals surface area (Å²) in [4.78, 5) is 11.7. The molecule has 4 heteroatoms. The first-order valence-corrected chi connectivity index (χ1v) is 6.06. The molecule has 3 N–H and O–H groups in total. The Morgan fingerprint density at radius 2 is 2.41 bits per heavy atom. The van der Waals surface area contributed by atoms with Gasteiger partial charge >= 0.3 is 0 Å². The fourth-order valence-electron chi connectivity index (χ4n) is 2.11. The summed E-state index contributed by atoms with van der Waals surface area (Å²) in [7, 11) is 0. The summed E-state index contributed by atoms with van der Waals surface area (Å²) < 4.78 is 0. The van der Waals surface area contributed by atoms with E-state index in [9.17, 15) is 9.90 Å². The maximum absolute atomic E-state index is 11.7. The Morgan fingerprint density at radius 3 is 3.12 bits per heavy atom. The first kappa shape index (κ1) is 11.9. The maximum Gasteiger partial charge on any atom is 0.251 e. The molecule has 0 saturated carbocycles. The van der Waals surface area contributed by atoms with Crippen molar-refractivity contribution < 1.29 is 9.90 Å². The molecule has 1 amide bonds. The van der Waals surface area contributed by atoms with Crippen molar-refractivity contribution >= 4 is 5.91 Å². The van der Waals surface area contributed by atoms with Gasteiger partial charge in [0, 0.05) is 18.2 Å². The van der Waals surface area contributed by atoms with Gasteiger partial charge in [-0.25, -0.2) is 0 Å². The fraction of sp³-hybridized carbons (Fsp3) is 0.462. The normalized spacial score (nSPS) is 19.2. The van der Waals surface area contributed by atoms with Crippen LogP contribution in [0.5, 0.6) is 5.75 Å². The van der Waals surface area contributed by atoms with Crippen molar-refractivity contribution in [1.29, 1.82) is 0 Å². The molecule has 2 rings (SSSR count). The second kappa shape index (κ2) is 5.68. The highest BCUT2D eigenvalue weighted by atomic mass is 16.3. The summed E-state index contributed by atoms with van der Waals surface area (Å²) in [5.74, 6) is -0.00555. The first-order valence-electron chi connectivity index (χ1n) is 6.06. The monoisotopic (exact) mass is 234 g/mol. The molecule has 92 valence electrons. The van der Waals surface area contributed by atoms with Crippen LogP contribution in [0.3, 0.4) is 0 Å². The van der Waals surface area contributed by atoms with Crippen molar-refractivity contribution in [2.45, 2.75) is 25.3 Å². The minimum atomic E-state index is -0.126. The summed E-state index contributed by atoms with van der Waals surface area (Å²) in [6.45, 7) is 1.76. The molecule has 17 heavy (non-hydrogen) atoms. The van der Waals surface area contributed by atoms with E-state index in [-0.39, 0.29) is 11.7 Å². The highest BCUT2D eigenvalue weighted by Gasteiger charge is 2.13. The topological polar surface area (TPSA) is 61.4 Å². The van der Waals surface area contributed by atoms with Crippen LogP contribution >= 0.6 is 0 Å². The first-order chi connectivity index (χ1) is 8.25. The summed E-state index contributed by atoms with van der Waals surface area (Å²) in [6, 6.07) is 6.94. The van der Waals surface area contributed by atoms with Gasteiger partial charge in [0.1, 0.15) is 5.75 Å². The van der Waals surface area contributed by atoms with Crippen molar-refractivity contribution in [2.75, 3.05) is 13.1 Å². The van der Waals surface area contributed by atoms with Crippen LogP contribution in [0.1, 0.15) is 29.6 Å². The number of benzene rings is 1. The summed E-state index contributed by atoms with van der Waals surface area (Å²) >= 11 is 0. The standard InChI is InChI=1S/C13H18N2O2/c16-12-5-1-3-10(9-12)13(17)15-8-6-11-4-2-7-14-11/h1,3,5,9,11,14,16H,2,4,6-8H2,(H,15,17).